The lowest BCUT2D eigenvalue weighted by Gasteiger charge is -2.26. The number of likely N-dealkylation sites (tertiary alicyclic amines) is 1. The van der Waals surface area contributed by atoms with E-state index in [1.54, 1.807) is 19.1 Å². The summed E-state index contributed by atoms with van der Waals surface area (Å²) in [6.07, 6.45) is 3.85. The van der Waals surface area contributed by atoms with Crippen molar-refractivity contribution >= 4 is 23.5 Å². The number of hydrogen-bond acceptors (Lipinski definition) is 5. The van der Waals surface area contributed by atoms with Crippen LogP contribution in [0.25, 0.3) is 0 Å². The zero-order chi connectivity index (χ0) is 22.1. The highest BCUT2D eigenvalue weighted by molar-refractivity contribution is 6.39. The van der Waals surface area contributed by atoms with Crippen molar-refractivity contribution in [2.75, 3.05) is 25.0 Å². The number of nitrogens with one attached hydrogen (secondary N) is 2. The summed E-state index contributed by atoms with van der Waals surface area (Å²) in [4.78, 5) is 38.3. The summed E-state index contributed by atoms with van der Waals surface area (Å²) in [6, 6.07) is 14.3. The molecule has 31 heavy (non-hydrogen) atoms. The number of esters is 1. The molecule has 1 heterocycles. The van der Waals surface area contributed by atoms with Crippen LogP contribution >= 0.6 is 0 Å². The minimum absolute atomic E-state index is 0.276. The molecule has 0 spiro atoms. The zero-order valence-corrected chi connectivity index (χ0v) is 17.9. The summed E-state index contributed by atoms with van der Waals surface area (Å²) in [6.45, 7) is 5.55. The van der Waals surface area contributed by atoms with E-state index in [2.05, 4.69) is 27.7 Å². The second kappa shape index (κ2) is 11.3. The molecule has 164 valence electrons. The molecule has 7 nitrogen and oxygen atoms in total. The summed E-state index contributed by atoms with van der Waals surface area (Å²) in [5, 5.41) is 5.15. The van der Waals surface area contributed by atoms with Gasteiger partial charge in [-0.05, 0) is 68.2 Å². The van der Waals surface area contributed by atoms with E-state index >= 15 is 0 Å². The van der Waals surface area contributed by atoms with Gasteiger partial charge in [-0.1, -0.05) is 30.7 Å². The molecule has 1 aliphatic rings. The minimum atomic E-state index is -0.759. The highest BCUT2D eigenvalue weighted by Crippen LogP contribution is 2.14. The number of carbonyl (C=O) groups excluding carboxylic acids is 3. The maximum Gasteiger partial charge on any atom is 0.338 e. The van der Waals surface area contributed by atoms with E-state index in [1.807, 2.05) is 12.1 Å². The smallest absolute Gasteiger partial charge is 0.338 e. The molecule has 0 atom stereocenters. The predicted molar refractivity (Wildman–Crippen MR) is 118 cm³/mol. The van der Waals surface area contributed by atoms with Crippen molar-refractivity contribution in [3.05, 3.63) is 65.2 Å². The van der Waals surface area contributed by atoms with Crippen molar-refractivity contribution in [2.45, 2.75) is 39.3 Å². The van der Waals surface area contributed by atoms with Gasteiger partial charge in [0.05, 0.1) is 12.2 Å². The highest BCUT2D eigenvalue weighted by atomic mass is 16.5. The average Bonchev–Trinajstić information content (AvgIpc) is 2.79. The first-order chi connectivity index (χ1) is 15.0. The Morgan fingerprint density at radius 1 is 0.871 bits per heavy atom. The Kier molecular flexibility index (Phi) is 8.18. The van der Waals surface area contributed by atoms with Gasteiger partial charge in [-0.15, -0.1) is 0 Å². The van der Waals surface area contributed by atoms with Crippen LogP contribution in [0.15, 0.2) is 48.5 Å². The monoisotopic (exact) mass is 423 g/mol. The second-order valence-electron chi connectivity index (χ2n) is 7.59. The lowest BCUT2D eigenvalue weighted by molar-refractivity contribution is -0.136. The van der Waals surface area contributed by atoms with E-state index in [4.69, 9.17) is 4.74 Å². The fourth-order valence-electron chi connectivity index (χ4n) is 3.49. The number of ether oxygens (including phenoxy) is 1. The first-order valence-corrected chi connectivity index (χ1v) is 10.7. The van der Waals surface area contributed by atoms with Crippen molar-refractivity contribution in [2.24, 2.45) is 0 Å². The van der Waals surface area contributed by atoms with Gasteiger partial charge in [0, 0.05) is 18.8 Å². The largest absolute Gasteiger partial charge is 0.462 e. The van der Waals surface area contributed by atoms with E-state index in [-0.39, 0.29) is 6.54 Å². The van der Waals surface area contributed by atoms with Crippen LogP contribution in [0, 0.1) is 0 Å². The highest BCUT2D eigenvalue weighted by Gasteiger charge is 2.14. The molecule has 0 aliphatic carbocycles. The van der Waals surface area contributed by atoms with E-state index in [1.165, 1.54) is 37.0 Å². The number of piperidine rings is 1. The fraction of sp³-hybridized carbons (Fsp3) is 0.375. The summed E-state index contributed by atoms with van der Waals surface area (Å²) < 4.78 is 4.91. The molecule has 0 bridgehead atoms. The van der Waals surface area contributed by atoms with Crippen molar-refractivity contribution in [1.82, 2.24) is 10.2 Å². The van der Waals surface area contributed by atoms with Gasteiger partial charge >= 0.3 is 17.8 Å². The Bertz CT molecular complexity index is 888. The van der Waals surface area contributed by atoms with Crippen LogP contribution in [0.3, 0.4) is 0 Å². The fourth-order valence-corrected chi connectivity index (χ4v) is 3.49. The Hall–Kier alpha value is -3.19. The number of hydrogen-bond donors (Lipinski definition) is 2. The van der Waals surface area contributed by atoms with Crippen LogP contribution in [0.1, 0.15) is 47.7 Å². The third-order valence-electron chi connectivity index (χ3n) is 5.19. The molecule has 0 radical (unpaired) electrons. The molecule has 1 aliphatic heterocycles. The summed E-state index contributed by atoms with van der Waals surface area (Å²) in [5.74, 6) is -1.91. The number of nitrogens with zero attached hydrogens (tertiary/aromatic N) is 1. The maximum atomic E-state index is 12.1. The zero-order valence-electron chi connectivity index (χ0n) is 17.9. The lowest BCUT2D eigenvalue weighted by atomic mass is 10.1. The van der Waals surface area contributed by atoms with Crippen molar-refractivity contribution < 1.29 is 19.1 Å². The molecule has 1 fully saturated rings. The number of anilines is 1. The van der Waals surface area contributed by atoms with Gasteiger partial charge in [0.1, 0.15) is 0 Å². The normalized spacial score (nSPS) is 14.0. The van der Waals surface area contributed by atoms with Crippen LogP contribution in [0.2, 0.25) is 0 Å². The Balaban J connectivity index is 1.44. The molecule has 2 amide bonds. The SMILES string of the molecule is CCOC(=O)c1ccc(NC(=O)C(=O)NCc2ccc(CN3CCCCC3)cc2)cc1. The van der Waals surface area contributed by atoms with Crippen LogP contribution in [0.4, 0.5) is 5.69 Å². The van der Waals surface area contributed by atoms with Crippen LogP contribution in [0.5, 0.6) is 0 Å². The van der Waals surface area contributed by atoms with Gasteiger partial charge in [-0.3, -0.25) is 14.5 Å². The molecule has 0 aromatic heterocycles. The van der Waals surface area contributed by atoms with Crippen LogP contribution < -0.4 is 10.6 Å². The topological polar surface area (TPSA) is 87.7 Å². The molecule has 2 N–H and O–H groups in total. The van der Waals surface area contributed by atoms with Gasteiger partial charge in [0.25, 0.3) is 0 Å². The molecular formula is C24H29N3O4. The second-order valence-corrected chi connectivity index (χ2v) is 7.59. The molecular weight excluding hydrogens is 394 g/mol. The van der Waals surface area contributed by atoms with Crippen molar-refractivity contribution in [3.63, 3.8) is 0 Å². The van der Waals surface area contributed by atoms with Gasteiger partial charge in [-0.25, -0.2) is 4.79 Å². The molecule has 2 aromatic carbocycles. The van der Waals surface area contributed by atoms with Gasteiger partial charge in [0.15, 0.2) is 0 Å². The van der Waals surface area contributed by atoms with E-state index in [9.17, 15) is 14.4 Å². The molecule has 2 aromatic rings. The third kappa shape index (κ3) is 6.93. The quantitative estimate of drug-likeness (QED) is 0.528. The van der Waals surface area contributed by atoms with Gasteiger partial charge in [-0.2, -0.15) is 0 Å². The number of carbonyl (C=O) groups is 3. The predicted octanol–water partition coefficient (Wildman–Crippen LogP) is 3.10. The third-order valence-corrected chi connectivity index (χ3v) is 5.19. The first kappa shape index (κ1) is 22.5. The first-order valence-electron chi connectivity index (χ1n) is 10.7. The van der Waals surface area contributed by atoms with E-state index in [0.29, 0.717) is 17.9 Å². The maximum absolute atomic E-state index is 12.1. The van der Waals surface area contributed by atoms with Crippen molar-refractivity contribution in [3.8, 4) is 0 Å². The van der Waals surface area contributed by atoms with Gasteiger partial charge in [0.2, 0.25) is 0 Å². The van der Waals surface area contributed by atoms with Gasteiger partial charge < -0.3 is 15.4 Å². The Morgan fingerprint density at radius 3 is 2.16 bits per heavy atom. The summed E-state index contributed by atoms with van der Waals surface area (Å²) in [7, 11) is 0. The molecule has 1 saturated heterocycles. The summed E-state index contributed by atoms with van der Waals surface area (Å²) >= 11 is 0. The number of amides is 2. The molecule has 0 unspecified atom stereocenters. The molecule has 7 heteroatoms. The number of rotatable bonds is 7. The van der Waals surface area contributed by atoms with E-state index < -0.39 is 17.8 Å². The Labute approximate surface area is 182 Å². The number of benzene rings is 2. The Morgan fingerprint density at radius 2 is 1.52 bits per heavy atom. The lowest BCUT2D eigenvalue weighted by Crippen LogP contribution is -2.35. The molecule has 0 saturated carbocycles. The van der Waals surface area contributed by atoms with Crippen molar-refractivity contribution in [1.29, 1.82) is 0 Å². The summed E-state index contributed by atoms with van der Waals surface area (Å²) in [5.41, 5.74) is 2.99. The van der Waals surface area contributed by atoms with E-state index in [0.717, 1.165) is 25.2 Å². The van der Waals surface area contributed by atoms with Crippen LogP contribution in [-0.4, -0.2) is 42.4 Å². The standard InChI is InChI=1S/C24H29N3O4/c1-2-31-24(30)20-10-12-21(13-11-20)26-23(29)22(28)25-16-18-6-8-19(9-7-18)17-27-14-4-3-5-15-27/h6-13H,2-5,14-17H2,1H3,(H,25,28)(H,26,29). The molecule has 3 rings (SSSR count). The van der Waals surface area contributed by atoms with Crippen LogP contribution in [-0.2, 0) is 27.4 Å². The average molecular weight is 424 g/mol. The minimum Gasteiger partial charge on any atom is -0.462 e.